The topological polar surface area (TPSA) is 58.4 Å². The summed E-state index contributed by atoms with van der Waals surface area (Å²) in [6.07, 6.45) is 8.07. The molecule has 0 aromatic rings. The van der Waals surface area contributed by atoms with Gasteiger partial charge in [-0.1, -0.05) is 12.8 Å². The molecule has 98 valence electrons. The first-order chi connectivity index (χ1) is 8.22. The molecule has 0 bridgehead atoms. The number of hydrogen-bond acceptors (Lipinski definition) is 3. The summed E-state index contributed by atoms with van der Waals surface area (Å²) >= 11 is 0. The molecule has 0 aromatic heterocycles. The maximum atomic E-state index is 11.3. The number of piperidine rings is 1. The van der Waals surface area contributed by atoms with Crippen LogP contribution in [-0.2, 0) is 4.79 Å². The Bertz CT molecular complexity index is 267. The van der Waals surface area contributed by atoms with Gasteiger partial charge in [-0.25, -0.2) is 0 Å². The highest BCUT2D eigenvalue weighted by atomic mass is 16.1. The molecule has 4 heteroatoms. The zero-order valence-corrected chi connectivity index (χ0v) is 10.8. The molecule has 4 nitrogen and oxygen atoms in total. The molecule has 1 amide bonds. The monoisotopic (exact) mass is 239 g/mol. The lowest BCUT2D eigenvalue weighted by atomic mass is 9.78. The van der Waals surface area contributed by atoms with Crippen LogP contribution in [0.5, 0.6) is 0 Å². The molecule has 1 saturated carbocycles. The Morgan fingerprint density at radius 1 is 1.35 bits per heavy atom. The maximum absolute atomic E-state index is 11.3. The SMILES string of the molecule is CNC(CN1CCC[C@H]2CCCC[C@H]21)C(N)=O. The zero-order valence-electron chi connectivity index (χ0n) is 10.8. The third kappa shape index (κ3) is 2.99. The number of likely N-dealkylation sites (N-methyl/N-ethyl adjacent to an activating group) is 1. The molecule has 17 heavy (non-hydrogen) atoms. The number of primary amides is 1. The summed E-state index contributed by atoms with van der Waals surface area (Å²) in [5.41, 5.74) is 5.40. The van der Waals surface area contributed by atoms with E-state index in [9.17, 15) is 4.79 Å². The number of likely N-dealkylation sites (tertiary alicyclic amines) is 1. The van der Waals surface area contributed by atoms with Crippen LogP contribution in [0.15, 0.2) is 0 Å². The van der Waals surface area contributed by atoms with Crippen molar-refractivity contribution < 1.29 is 4.79 Å². The summed E-state index contributed by atoms with van der Waals surface area (Å²) in [6, 6.07) is 0.503. The van der Waals surface area contributed by atoms with E-state index in [0.29, 0.717) is 6.04 Å². The molecular formula is C13H25N3O. The van der Waals surface area contributed by atoms with Gasteiger partial charge in [-0.2, -0.15) is 0 Å². The molecule has 0 spiro atoms. The van der Waals surface area contributed by atoms with Crippen molar-refractivity contribution in [3.8, 4) is 0 Å². The summed E-state index contributed by atoms with van der Waals surface area (Å²) in [6.45, 7) is 1.92. The summed E-state index contributed by atoms with van der Waals surface area (Å²) < 4.78 is 0. The Balaban J connectivity index is 1.96. The molecule has 1 aliphatic carbocycles. The van der Waals surface area contributed by atoms with Gasteiger partial charge < -0.3 is 11.1 Å². The average molecular weight is 239 g/mol. The van der Waals surface area contributed by atoms with Crippen molar-refractivity contribution in [2.24, 2.45) is 11.7 Å². The van der Waals surface area contributed by atoms with E-state index in [4.69, 9.17) is 5.73 Å². The fourth-order valence-electron chi connectivity index (χ4n) is 3.51. The molecule has 1 aliphatic heterocycles. The van der Waals surface area contributed by atoms with E-state index in [-0.39, 0.29) is 11.9 Å². The van der Waals surface area contributed by atoms with Crippen molar-refractivity contribution in [2.45, 2.75) is 50.6 Å². The molecule has 0 aromatic carbocycles. The van der Waals surface area contributed by atoms with E-state index in [2.05, 4.69) is 10.2 Å². The van der Waals surface area contributed by atoms with Gasteiger partial charge in [0.1, 0.15) is 0 Å². The summed E-state index contributed by atoms with van der Waals surface area (Å²) in [5, 5.41) is 3.03. The summed E-state index contributed by atoms with van der Waals surface area (Å²) in [5.74, 6) is 0.633. The smallest absolute Gasteiger partial charge is 0.235 e. The van der Waals surface area contributed by atoms with Crippen LogP contribution in [0.4, 0.5) is 0 Å². The summed E-state index contributed by atoms with van der Waals surface area (Å²) in [7, 11) is 1.82. The van der Waals surface area contributed by atoms with Crippen molar-refractivity contribution in [1.29, 1.82) is 0 Å². The second-order valence-corrected chi connectivity index (χ2v) is 5.49. The Hall–Kier alpha value is -0.610. The lowest BCUT2D eigenvalue weighted by molar-refractivity contribution is -0.120. The van der Waals surface area contributed by atoms with Crippen molar-refractivity contribution >= 4 is 5.91 Å². The Labute approximate surface area is 104 Å². The van der Waals surface area contributed by atoms with Gasteiger partial charge in [-0.05, 0) is 45.2 Å². The number of nitrogens with zero attached hydrogens (tertiary/aromatic N) is 1. The zero-order chi connectivity index (χ0) is 12.3. The molecule has 2 fully saturated rings. The van der Waals surface area contributed by atoms with Gasteiger partial charge in [0.25, 0.3) is 0 Å². The molecule has 2 aliphatic rings. The highest BCUT2D eigenvalue weighted by Crippen LogP contribution is 2.35. The number of nitrogens with one attached hydrogen (secondary N) is 1. The highest BCUT2D eigenvalue weighted by Gasteiger charge is 2.34. The second kappa shape index (κ2) is 5.83. The number of rotatable bonds is 4. The third-order valence-electron chi connectivity index (χ3n) is 4.47. The van der Waals surface area contributed by atoms with Crippen molar-refractivity contribution in [3.63, 3.8) is 0 Å². The van der Waals surface area contributed by atoms with Crippen LogP contribution in [-0.4, -0.2) is 43.0 Å². The largest absolute Gasteiger partial charge is 0.368 e. The van der Waals surface area contributed by atoms with Gasteiger partial charge in [0, 0.05) is 12.6 Å². The predicted molar refractivity (Wildman–Crippen MR) is 68.6 cm³/mol. The number of hydrogen-bond donors (Lipinski definition) is 2. The minimum atomic E-state index is -0.231. The van der Waals surface area contributed by atoms with Crippen molar-refractivity contribution in [1.82, 2.24) is 10.2 Å². The highest BCUT2D eigenvalue weighted by molar-refractivity contribution is 5.80. The fourth-order valence-corrected chi connectivity index (χ4v) is 3.51. The average Bonchev–Trinajstić information content (AvgIpc) is 2.35. The van der Waals surface area contributed by atoms with Crippen LogP contribution in [0.25, 0.3) is 0 Å². The van der Waals surface area contributed by atoms with E-state index in [1.807, 2.05) is 7.05 Å². The minimum absolute atomic E-state index is 0.198. The standard InChI is InChI=1S/C13H25N3O/c1-15-11(13(14)17)9-16-8-4-6-10-5-2-3-7-12(10)16/h10-12,15H,2-9H2,1H3,(H2,14,17)/t10-,11?,12-/m1/s1. The third-order valence-corrected chi connectivity index (χ3v) is 4.47. The molecule has 1 saturated heterocycles. The molecule has 1 unspecified atom stereocenters. The summed E-state index contributed by atoms with van der Waals surface area (Å²) in [4.78, 5) is 13.8. The number of carbonyl (C=O) groups is 1. The molecule has 2 rings (SSSR count). The number of amides is 1. The van der Waals surface area contributed by atoms with Crippen LogP contribution >= 0.6 is 0 Å². The molecule has 1 heterocycles. The number of carbonyl (C=O) groups excluding carboxylic acids is 1. The van der Waals surface area contributed by atoms with Crippen LogP contribution in [0, 0.1) is 5.92 Å². The predicted octanol–water partition coefficient (Wildman–Crippen LogP) is 0.714. The van der Waals surface area contributed by atoms with E-state index < -0.39 is 0 Å². The van der Waals surface area contributed by atoms with Gasteiger partial charge in [-0.3, -0.25) is 9.69 Å². The Morgan fingerprint density at radius 3 is 2.76 bits per heavy atom. The van der Waals surface area contributed by atoms with Gasteiger partial charge in [-0.15, -0.1) is 0 Å². The van der Waals surface area contributed by atoms with Gasteiger partial charge in [0.2, 0.25) is 5.91 Å². The van der Waals surface area contributed by atoms with Gasteiger partial charge in [0.15, 0.2) is 0 Å². The molecule has 3 N–H and O–H groups in total. The maximum Gasteiger partial charge on any atom is 0.235 e. The quantitative estimate of drug-likeness (QED) is 0.760. The van der Waals surface area contributed by atoms with E-state index in [1.54, 1.807) is 0 Å². The van der Waals surface area contributed by atoms with Crippen molar-refractivity contribution in [3.05, 3.63) is 0 Å². The van der Waals surface area contributed by atoms with Crippen LogP contribution in [0.2, 0.25) is 0 Å². The number of fused-ring (bicyclic) bond motifs is 1. The lowest BCUT2D eigenvalue weighted by Crippen LogP contribution is -2.54. The first-order valence-corrected chi connectivity index (χ1v) is 6.93. The van der Waals surface area contributed by atoms with Gasteiger partial charge >= 0.3 is 0 Å². The van der Waals surface area contributed by atoms with Crippen LogP contribution < -0.4 is 11.1 Å². The first-order valence-electron chi connectivity index (χ1n) is 6.93. The normalized spacial score (nSPS) is 31.8. The van der Waals surface area contributed by atoms with Gasteiger partial charge in [0.05, 0.1) is 6.04 Å². The molecular weight excluding hydrogens is 214 g/mol. The van der Waals surface area contributed by atoms with E-state index in [1.165, 1.54) is 38.5 Å². The Morgan fingerprint density at radius 2 is 2.06 bits per heavy atom. The fraction of sp³-hybridized carbons (Fsp3) is 0.923. The van der Waals surface area contributed by atoms with Crippen LogP contribution in [0.1, 0.15) is 38.5 Å². The molecule has 3 atom stereocenters. The second-order valence-electron chi connectivity index (χ2n) is 5.49. The lowest BCUT2D eigenvalue weighted by Gasteiger charge is -2.45. The van der Waals surface area contributed by atoms with Crippen LogP contribution in [0.3, 0.4) is 0 Å². The van der Waals surface area contributed by atoms with E-state index >= 15 is 0 Å². The Kier molecular flexibility index (Phi) is 4.40. The minimum Gasteiger partial charge on any atom is -0.368 e. The first kappa shape index (κ1) is 12.8. The number of nitrogens with two attached hydrogens (primary N) is 1. The molecule has 0 radical (unpaired) electrons. The van der Waals surface area contributed by atoms with E-state index in [0.717, 1.165) is 19.0 Å². The van der Waals surface area contributed by atoms with Crippen molar-refractivity contribution in [2.75, 3.05) is 20.1 Å².